The summed E-state index contributed by atoms with van der Waals surface area (Å²) in [6, 6.07) is 9.83. The lowest BCUT2D eigenvalue weighted by molar-refractivity contribution is 0.0954. The summed E-state index contributed by atoms with van der Waals surface area (Å²) in [7, 11) is 1.86. The maximum Gasteiger partial charge on any atom is 0.263 e. The number of nitrogens with one attached hydrogen (secondary N) is 2. The van der Waals surface area contributed by atoms with Gasteiger partial charge < -0.3 is 10.6 Å². The van der Waals surface area contributed by atoms with Crippen LogP contribution in [0.1, 0.15) is 46.6 Å². The van der Waals surface area contributed by atoms with E-state index in [1.54, 1.807) is 17.1 Å². The van der Waals surface area contributed by atoms with Crippen LogP contribution in [0, 0.1) is 6.92 Å². The second-order valence-electron chi connectivity index (χ2n) is 8.87. The number of amides is 1. The van der Waals surface area contributed by atoms with Gasteiger partial charge in [0.05, 0.1) is 16.9 Å². The summed E-state index contributed by atoms with van der Waals surface area (Å²) in [4.78, 5) is 26.5. The van der Waals surface area contributed by atoms with Crippen molar-refractivity contribution in [2.24, 2.45) is 7.05 Å². The number of anilines is 2. The summed E-state index contributed by atoms with van der Waals surface area (Å²) < 4.78 is 1.71. The predicted molar refractivity (Wildman–Crippen MR) is 131 cm³/mol. The van der Waals surface area contributed by atoms with Crippen LogP contribution in [0.3, 0.4) is 0 Å². The third kappa shape index (κ3) is 5.43. The fourth-order valence-corrected chi connectivity index (χ4v) is 4.11. The van der Waals surface area contributed by atoms with Gasteiger partial charge in [-0.3, -0.25) is 9.48 Å². The highest BCUT2D eigenvalue weighted by molar-refractivity contribution is 7.13. The Morgan fingerprint density at radius 1 is 1.15 bits per heavy atom. The quantitative estimate of drug-likeness (QED) is 0.435. The Morgan fingerprint density at radius 2 is 1.97 bits per heavy atom. The van der Waals surface area contributed by atoms with E-state index in [1.807, 2.05) is 44.4 Å². The van der Waals surface area contributed by atoms with Gasteiger partial charge in [-0.05, 0) is 30.2 Å². The topological polar surface area (TPSA) is 97.6 Å². The van der Waals surface area contributed by atoms with Gasteiger partial charge in [-0.1, -0.05) is 32.9 Å². The first kappa shape index (κ1) is 22.6. The van der Waals surface area contributed by atoms with E-state index < -0.39 is 0 Å². The lowest BCUT2D eigenvalue weighted by Crippen LogP contribution is -2.22. The largest absolute Gasteiger partial charge is 0.347 e. The Labute approximate surface area is 197 Å². The van der Waals surface area contributed by atoms with E-state index in [9.17, 15) is 4.79 Å². The average molecular weight is 462 g/mol. The molecule has 4 rings (SSSR count). The molecule has 8 nitrogen and oxygen atoms in total. The number of thiazole rings is 1. The van der Waals surface area contributed by atoms with E-state index in [0.29, 0.717) is 23.2 Å². The average Bonchev–Trinajstić information content (AvgIpc) is 3.42. The van der Waals surface area contributed by atoms with Crippen LogP contribution in [0.5, 0.6) is 0 Å². The highest BCUT2D eigenvalue weighted by Crippen LogP contribution is 2.27. The number of aryl methyl sites for hydroxylation is 2. The number of hydrogen-bond acceptors (Lipinski definition) is 7. The molecule has 1 amide bonds. The molecular weight excluding hydrogens is 434 g/mol. The van der Waals surface area contributed by atoms with Crippen LogP contribution in [0.15, 0.2) is 48.9 Å². The maximum atomic E-state index is 12.6. The summed E-state index contributed by atoms with van der Waals surface area (Å²) in [6.45, 7) is 8.75. The standard InChI is InChI=1S/C24H27N7OS/c1-15-12-16(18-8-10-25-23(28-18)29-20-9-11-31(5)30-20)6-7-17(15)13-26-21(32)19-14-27-22(33-19)24(2,3)4/h6-12,14H,13H2,1-5H3,(H,26,32)(H,25,28,29,30). The Bertz CT molecular complexity index is 1290. The van der Waals surface area contributed by atoms with E-state index >= 15 is 0 Å². The van der Waals surface area contributed by atoms with Crippen molar-refractivity contribution in [3.8, 4) is 11.3 Å². The summed E-state index contributed by atoms with van der Waals surface area (Å²) >= 11 is 1.44. The number of carbonyl (C=O) groups is 1. The van der Waals surface area contributed by atoms with E-state index in [0.717, 1.165) is 27.4 Å². The van der Waals surface area contributed by atoms with Crippen LogP contribution in [0.25, 0.3) is 11.3 Å². The molecule has 0 atom stereocenters. The van der Waals surface area contributed by atoms with E-state index in [4.69, 9.17) is 0 Å². The van der Waals surface area contributed by atoms with Crippen LogP contribution < -0.4 is 10.6 Å². The van der Waals surface area contributed by atoms with Crippen molar-refractivity contribution in [2.75, 3.05) is 5.32 Å². The van der Waals surface area contributed by atoms with Crippen molar-refractivity contribution in [3.63, 3.8) is 0 Å². The Balaban J connectivity index is 1.43. The second kappa shape index (κ2) is 9.11. The lowest BCUT2D eigenvalue weighted by atomic mass is 9.98. The molecule has 0 radical (unpaired) electrons. The molecule has 0 fully saturated rings. The molecule has 0 aliphatic carbocycles. The molecular formula is C24H27N7OS. The van der Waals surface area contributed by atoms with Gasteiger partial charge in [-0.2, -0.15) is 5.10 Å². The molecule has 0 bridgehead atoms. The first-order valence-electron chi connectivity index (χ1n) is 10.6. The van der Waals surface area contributed by atoms with Crippen molar-refractivity contribution < 1.29 is 4.79 Å². The fourth-order valence-electron chi connectivity index (χ4n) is 3.22. The number of aromatic nitrogens is 5. The summed E-state index contributed by atoms with van der Waals surface area (Å²) in [5, 5.41) is 11.4. The van der Waals surface area contributed by atoms with Crippen LogP contribution in [0.4, 0.5) is 11.8 Å². The van der Waals surface area contributed by atoms with Gasteiger partial charge in [0.2, 0.25) is 5.95 Å². The van der Waals surface area contributed by atoms with Gasteiger partial charge >= 0.3 is 0 Å². The first-order valence-corrected chi connectivity index (χ1v) is 11.4. The van der Waals surface area contributed by atoms with Gasteiger partial charge in [0.15, 0.2) is 5.82 Å². The number of benzene rings is 1. The number of nitrogens with zero attached hydrogens (tertiary/aromatic N) is 5. The van der Waals surface area contributed by atoms with Gasteiger partial charge in [-0.25, -0.2) is 15.0 Å². The maximum absolute atomic E-state index is 12.6. The molecule has 0 spiro atoms. The van der Waals surface area contributed by atoms with Crippen LogP contribution in [-0.4, -0.2) is 30.6 Å². The van der Waals surface area contributed by atoms with Gasteiger partial charge in [0, 0.05) is 43.0 Å². The SMILES string of the molecule is Cc1cc(-c2ccnc(Nc3ccn(C)n3)n2)ccc1CNC(=O)c1cnc(C(C)(C)C)s1. The molecule has 0 unspecified atom stereocenters. The fraction of sp³-hybridized carbons (Fsp3) is 0.292. The predicted octanol–water partition coefficient (Wildman–Crippen LogP) is 4.61. The minimum atomic E-state index is -0.104. The first-order chi connectivity index (χ1) is 15.7. The molecule has 9 heteroatoms. The Hall–Kier alpha value is -3.59. The molecule has 4 aromatic rings. The summed E-state index contributed by atoms with van der Waals surface area (Å²) in [5.41, 5.74) is 3.84. The zero-order valence-corrected chi connectivity index (χ0v) is 20.2. The molecule has 0 saturated carbocycles. The van der Waals surface area contributed by atoms with Crippen molar-refractivity contribution in [3.05, 3.63) is 69.9 Å². The molecule has 1 aromatic carbocycles. The van der Waals surface area contributed by atoms with E-state index in [-0.39, 0.29) is 11.3 Å². The molecule has 3 aromatic heterocycles. The van der Waals surface area contributed by atoms with Crippen molar-refractivity contribution in [1.29, 1.82) is 0 Å². The molecule has 170 valence electrons. The second-order valence-corrected chi connectivity index (χ2v) is 9.90. The highest BCUT2D eigenvalue weighted by atomic mass is 32.1. The lowest BCUT2D eigenvalue weighted by Gasteiger charge is -2.13. The van der Waals surface area contributed by atoms with E-state index in [2.05, 4.69) is 57.5 Å². The molecule has 2 N–H and O–H groups in total. The van der Waals surface area contributed by atoms with Crippen LogP contribution in [-0.2, 0) is 19.0 Å². The smallest absolute Gasteiger partial charge is 0.263 e. The zero-order valence-electron chi connectivity index (χ0n) is 19.4. The minimum absolute atomic E-state index is 0.0659. The normalized spacial score (nSPS) is 11.4. The van der Waals surface area contributed by atoms with Gasteiger partial charge in [0.25, 0.3) is 5.91 Å². The number of hydrogen-bond donors (Lipinski definition) is 2. The third-order valence-electron chi connectivity index (χ3n) is 5.06. The van der Waals surface area contributed by atoms with Crippen molar-refractivity contribution >= 4 is 29.0 Å². The molecule has 0 aliphatic rings. The third-order valence-corrected chi connectivity index (χ3v) is 6.48. The van der Waals surface area contributed by atoms with Crippen molar-refractivity contribution in [1.82, 2.24) is 30.0 Å². The highest BCUT2D eigenvalue weighted by Gasteiger charge is 2.20. The molecule has 3 heterocycles. The van der Waals surface area contributed by atoms with Gasteiger partial charge in [0.1, 0.15) is 4.88 Å². The molecule has 0 aliphatic heterocycles. The van der Waals surface area contributed by atoms with Crippen molar-refractivity contribution in [2.45, 2.75) is 39.7 Å². The van der Waals surface area contributed by atoms with E-state index in [1.165, 1.54) is 11.3 Å². The molecule has 0 saturated heterocycles. The minimum Gasteiger partial charge on any atom is -0.347 e. The monoisotopic (exact) mass is 461 g/mol. The number of rotatable bonds is 6. The summed E-state index contributed by atoms with van der Waals surface area (Å²) in [6.07, 6.45) is 5.23. The van der Waals surface area contributed by atoms with Gasteiger partial charge in [-0.15, -0.1) is 11.3 Å². The molecule has 33 heavy (non-hydrogen) atoms. The van der Waals surface area contributed by atoms with Crippen LogP contribution >= 0.6 is 11.3 Å². The van der Waals surface area contributed by atoms with Crippen LogP contribution in [0.2, 0.25) is 0 Å². The zero-order chi connectivity index (χ0) is 23.6. The number of carbonyl (C=O) groups excluding carboxylic acids is 1. The Morgan fingerprint density at radius 3 is 2.64 bits per heavy atom. The Kier molecular flexibility index (Phi) is 6.24. The summed E-state index contributed by atoms with van der Waals surface area (Å²) in [5.74, 6) is 1.07.